The van der Waals surface area contributed by atoms with E-state index in [4.69, 9.17) is 16.3 Å². The Morgan fingerprint density at radius 3 is 2.48 bits per heavy atom. The second-order valence-corrected chi connectivity index (χ2v) is 6.51. The number of carbonyl (C=O) groups excluding carboxylic acids is 2. The van der Waals surface area contributed by atoms with Gasteiger partial charge < -0.3 is 15.4 Å². The maximum absolute atomic E-state index is 12.6. The number of ether oxygens (including phenoxy) is 1. The van der Waals surface area contributed by atoms with Crippen LogP contribution in [-0.2, 0) is 16.1 Å². The normalized spacial score (nSPS) is 14.5. The summed E-state index contributed by atoms with van der Waals surface area (Å²) in [5.41, 5.74) is 0.568. The van der Waals surface area contributed by atoms with Gasteiger partial charge in [0.05, 0.1) is 7.11 Å². The number of hydrogen-bond acceptors (Lipinski definition) is 3. The molecule has 3 rings (SSSR count). The lowest BCUT2D eigenvalue weighted by Crippen LogP contribution is -2.39. The Labute approximate surface area is 151 Å². The molecule has 0 bridgehead atoms. The van der Waals surface area contributed by atoms with Crippen molar-refractivity contribution < 1.29 is 14.3 Å². The monoisotopic (exact) mass is 358 g/mol. The molecule has 130 valence electrons. The van der Waals surface area contributed by atoms with Crippen molar-refractivity contribution in [2.45, 2.75) is 19.4 Å². The Balaban J connectivity index is 1.61. The number of amides is 2. The van der Waals surface area contributed by atoms with Gasteiger partial charge >= 0.3 is 0 Å². The van der Waals surface area contributed by atoms with Gasteiger partial charge in [0.25, 0.3) is 0 Å². The largest absolute Gasteiger partial charge is 0.497 e. The number of anilines is 1. The van der Waals surface area contributed by atoms with Crippen LogP contribution in [0.1, 0.15) is 18.4 Å². The molecule has 0 spiro atoms. The zero-order valence-electron chi connectivity index (χ0n) is 13.8. The smallest absolute Gasteiger partial charge is 0.240 e. The number of nitrogens with one attached hydrogen (secondary N) is 2. The van der Waals surface area contributed by atoms with Crippen molar-refractivity contribution in [2.24, 2.45) is 5.41 Å². The second kappa shape index (κ2) is 7.15. The lowest BCUT2D eigenvalue weighted by molar-refractivity contribution is -0.134. The molecule has 1 fully saturated rings. The third-order valence-electron chi connectivity index (χ3n) is 4.31. The van der Waals surface area contributed by atoms with Crippen molar-refractivity contribution in [3.05, 3.63) is 59.1 Å². The van der Waals surface area contributed by atoms with Gasteiger partial charge in [-0.3, -0.25) is 9.59 Å². The molecular formula is C19H19ClN2O3. The molecule has 2 amide bonds. The van der Waals surface area contributed by atoms with E-state index >= 15 is 0 Å². The second-order valence-electron chi connectivity index (χ2n) is 6.08. The minimum Gasteiger partial charge on any atom is -0.497 e. The predicted molar refractivity (Wildman–Crippen MR) is 96.6 cm³/mol. The van der Waals surface area contributed by atoms with Crippen LogP contribution in [0.4, 0.5) is 5.69 Å². The van der Waals surface area contributed by atoms with E-state index in [1.54, 1.807) is 43.5 Å². The van der Waals surface area contributed by atoms with Gasteiger partial charge in [-0.05, 0) is 42.7 Å². The van der Waals surface area contributed by atoms with Crippen LogP contribution in [0.2, 0.25) is 5.02 Å². The van der Waals surface area contributed by atoms with Gasteiger partial charge in [0.2, 0.25) is 11.8 Å². The molecule has 25 heavy (non-hydrogen) atoms. The highest BCUT2D eigenvalue weighted by Crippen LogP contribution is 2.47. The molecule has 2 aromatic rings. The number of halogens is 1. The van der Waals surface area contributed by atoms with E-state index in [0.29, 0.717) is 35.8 Å². The first-order valence-electron chi connectivity index (χ1n) is 8.02. The Bertz CT molecular complexity index is 786. The van der Waals surface area contributed by atoms with Gasteiger partial charge in [-0.15, -0.1) is 0 Å². The van der Waals surface area contributed by atoms with E-state index in [1.165, 1.54) is 0 Å². The number of rotatable bonds is 6. The maximum atomic E-state index is 12.6. The van der Waals surface area contributed by atoms with E-state index in [1.807, 2.05) is 12.1 Å². The molecule has 6 heteroatoms. The summed E-state index contributed by atoms with van der Waals surface area (Å²) in [5, 5.41) is 6.30. The van der Waals surface area contributed by atoms with Crippen LogP contribution in [0.25, 0.3) is 0 Å². The molecule has 0 heterocycles. The van der Waals surface area contributed by atoms with Crippen molar-refractivity contribution >= 4 is 29.1 Å². The van der Waals surface area contributed by atoms with Crippen LogP contribution in [0.3, 0.4) is 0 Å². The zero-order chi connectivity index (χ0) is 17.9. The number of methoxy groups -OCH3 is 1. The lowest BCUT2D eigenvalue weighted by atomic mass is 10.0. The Kier molecular flexibility index (Phi) is 4.95. The van der Waals surface area contributed by atoms with Gasteiger partial charge in [-0.2, -0.15) is 0 Å². The van der Waals surface area contributed by atoms with Crippen LogP contribution in [-0.4, -0.2) is 18.9 Å². The van der Waals surface area contributed by atoms with Gasteiger partial charge in [0, 0.05) is 23.3 Å². The van der Waals surface area contributed by atoms with Crippen LogP contribution in [0.5, 0.6) is 5.75 Å². The summed E-state index contributed by atoms with van der Waals surface area (Å²) in [4.78, 5) is 25.1. The fraction of sp³-hybridized carbons (Fsp3) is 0.263. The van der Waals surface area contributed by atoms with Crippen molar-refractivity contribution in [1.29, 1.82) is 0 Å². The number of benzene rings is 2. The zero-order valence-corrected chi connectivity index (χ0v) is 14.6. The van der Waals surface area contributed by atoms with E-state index < -0.39 is 5.41 Å². The molecular weight excluding hydrogens is 340 g/mol. The van der Waals surface area contributed by atoms with Gasteiger partial charge in [-0.25, -0.2) is 0 Å². The van der Waals surface area contributed by atoms with Crippen LogP contribution < -0.4 is 15.4 Å². The molecule has 1 aliphatic carbocycles. The standard InChI is InChI=1S/C19H19ClN2O3/c1-25-16-4-2-3-15(11-16)22-18(24)19(9-10-19)17(23)21-12-13-5-7-14(20)8-6-13/h2-8,11H,9-10,12H2,1H3,(H,21,23)(H,22,24). The van der Waals surface area contributed by atoms with Crippen LogP contribution in [0.15, 0.2) is 48.5 Å². The number of carbonyl (C=O) groups is 2. The molecule has 1 saturated carbocycles. The Morgan fingerprint density at radius 2 is 1.84 bits per heavy atom. The summed E-state index contributed by atoms with van der Waals surface area (Å²) < 4.78 is 5.14. The highest BCUT2D eigenvalue weighted by Gasteiger charge is 2.56. The minimum atomic E-state index is -0.977. The summed E-state index contributed by atoms with van der Waals surface area (Å²) >= 11 is 5.85. The fourth-order valence-electron chi connectivity index (χ4n) is 2.59. The minimum absolute atomic E-state index is 0.247. The van der Waals surface area contributed by atoms with E-state index in [0.717, 1.165) is 5.56 Å². The number of hydrogen-bond donors (Lipinski definition) is 2. The highest BCUT2D eigenvalue weighted by molar-refractivity contribution is 6.30. The quantitative estimate of drug-likeness (QED) is 0.778. The molecule has 2 aromatic carbocycles. The van der Waals surface area contributed by atoms with Crippen molar-refractivity contribution in [1.82, 2.24) is 5.32 Å². The fourth-order valence-corrected chi connectivity index (χ4v) is 2.71. The molecule has 0 aromatic heterocycles. The third kappa shape index (κ3) is 3.94. The van der Waals surface area contributed by atoms with Crippen LogP contribution >= 0.6 is 11.6 Å². The SMILES string of the molecule is COc1cccc(NC(=O)C2(C(=O)NCc3ccc(Cl)cc3)CC2)c1. The van der Waals surface area contributed by atoms with E-state index in [2.05, 4.69) is 10.6 Å². The third-order valence-corrected chi connectivity index (χ3v) is 4.57. The average Bonchev–Trinajstić information content (AvgIpc) is 3.43. The van der Waals surface area contributed by atoms with Crippen molar-refractivity contribution in [3.8, 4) is 5.75 Å². The van der Waals surface area contributed by atoms with Crippen molar-refractivity contribution in [3.63, 3.8) is 0 Å². The Morgan fingerprint density at radius 1 is 1.12 bits per heavy atom. The highest BCUT2D eigenvalue weighted by atomic mass is 35.5. The molecule has 0 unspecified atom stereocenters. The maximum Gasteiger partial charge on any atom is 0.240 e. The van der Waals surface area contributed by atoms with E-state index in [9.17, 15) is 9.59 Å². The summed E-state index contributed by atoms with van der Waals surface area (Å²) in [6.45, 7) is 0.365. The molecule has 0 aliphatic heterocycles. The molecule has 0 radical (unpaired) electrons. The van der Waals surface area contributed by atoms with Crippen molar-refractivity contribution in [2.75, 3.05) is 12.4 Å². The molecule has 5 nitrogen and oxygen atoms in total. The van der Waals surface area contributed by atoms with Crippen LogP contribution in [0, 0.1) is 5.41 Å². The van der Waals surface area contributed by atoms with Gasteiger partial charge in [0.15, 0.2) is 0 Å². The van der Waals surface area contributed by atoms with E-state index in [-0.39, 0.29) is 11.8 Å². The first-order valence-corrected chi connectivity index (χ1v) is 8.39. The summed E-state index contributed by atoms with van der Waals surface area (Å²) in [6, 6.07) is 14.3. The molecule has 0 atom stereocenters. The first kappa shape index (κ1) is 17.3. The lowest BCUT2D eigenvalue weighted by Gasteiger charge is -2.16. The predicted octanol–water partition coefficient (Wildman–Crippen LogP) is 3.38. The summed E-state index contributed by atoms with van der Waals surface area (Å²) in [6.07, 6.45) is 1.10. The molecule has 2 N–H and O–H groups in total. The molecule has 1 aliphatic rings. The molecule has 0 saturated heterocycles. The summed E-state index contributed by atoms with van der Waals surface area (Å²) in [5.74, 6) is 0.118. The Hall–Kier alpha value is -2.53. The van der Waals surface area contributed by atoms with Gasteiger partial charge in [-0.1, -0.05) is 29.8 Å². The summed E-state index contributed by atoms with van der Waals surface area (Å²) in [7, 11) is 1.56. The topological polar surface area (TPSA) is 67.4 Å². The first-order chi connectivity index (χ1) is 12.0. The van der Waals surface area contributed by atoms with Gasteiger partial charge in [0.1, 0.15) is 11.2 Å². The average molecular weight is 359 g/mol.